The molecule has 0 saturated carbocycles. The molecule has 0 N–H and O–H groups in total. The maximum absolute atomic E-state index is 6.18. The predicted molar refractivity (Wildman–Crippen MR) is 73.2 cm³/mol. The van der Waals surface area contributed by atoms with Crippen molar-refractivity contribution in [1.29, 1.82) is 0 Å². The van der Waals surface area contributed by atoms with Crippen LogP contribution in [0, 0.1) is 0 Å². The van der Waals surface area contributed by atoms with E-state index < -0.39 is 0 Å². The molecule has 2 rings (SSSR count). The molecule has 1 saturated heterocycles. The van der Waals surface area contributed by atoms with Crippen LogP contribution >= 0.6 is 23.2 Å². The monoisotopic (exact) mass is 273 g/mol. The van der Waals surface area contributed by atoms with Crippen LogP contribution in [0.1, 0.15) is 19.4 Å². The Morgan fingerprint density at radius 2 is 1.94 bits per heavy atom. The summed E-state index contributed by atoms with van der Waals surface area (Å²) in [5.74, 6) is 0.440. The number of ether oxygens (including phenoxy) is 1. The first-order chi connectivity index (χ1) is 8.11. The van der Waals surface area contributed by atoms with Gasteiger partial charge in [0, 0.05) is 29.4 Å². The smallest absolute Gasteiger partial charge is 0.0726 e. The number of alkyl halides is 1. The SMILES string of the molecule is CC1CN(c2cccc(Cl)c2CCl)CC(C)O1. The fraction of sp³-hybridized carbons (Fsp3) is 0.538. The highest BCUT2D eigenvalue weighted by atomic mass is 35.5. The highest BCUT2D eigenvalue weighted by molar-refractivity contribution is 6.32. The lowest BCUT2D eigenvalue weighted by atomic mass is 10.1. The molecule has 1 heterocycles. The highest BCUT2D eigenvalue weighted by Crippen LogP contribution is 2.30. The zero-order valence-electron chi connectivity index (χ0n) is 10.1. The minimum absolute atomic E-state index is 0.237. The van der Waals surface area contributed by atoms with Gasteiger partial charge in [-0.3, -0.25) is 0 Å². The summed E-state index contributed by atoms with van der Waals surface area (Å²) >= 11 is 12.2. The molecule has 1 fully saturated rings. The van der Waals surface area contributed by atoms with E-state index in [0.717, 1.165) is 29.4 Å². The van der Waals surface area contributed by atoms with E-state index in [0.29, 0.717) is 5.88 Å². The summed E-state index contributed by atoms with van der Waals surface area (Å²) in [7, 11) is 0. The van der Waals surface area contributed by atoms with Crippen molar-refractivity contribution in [3.8, 4) is 0 Å². The Hall–Kier alpha value is -0.440. The van der Waals surface area contributed by atoms with Crippen LogP contribution < -0.4 is 4.90 Å². The van der Waals surface area contributed by atoms with E-state index in [9.17, 15) is 0 Å². The third kappa shape index (κ3) is 2.87. The van der Waals surface area contributed by atoms with Crippen molar-refractivity contribution in [3.05, 3.63) is 28.8 Å². The Kier molecular flexibility index (Phi) is 4.18. The number of hydrogen-bond acceptors (Lipinski definition) is 2. The first-order valence-corrected chi connectivity index (χ1v) is 6.76. The van der Waals surface area contributed by atoms with Gasteiger partial charge in [-0.25, -0.2) is 0 Å². The van der Waals surface area contributed by atoms with E-state index in [1.807, 2.05) is 12.1 Å². The second kappa shape index (κ2) is 5.47. The molecule has 0 bridgehead atoms. The topological polar surface area (TPSA) is 12.5 Å². The third-order valence-corrected chi connectivity index (χ3v) is 3.61. The fourth-order valence-electron chi connectivity index (χ4n) is 2.35. The van der Waals surface area contributed by atoms with Gasteiger partial charge in [-0.1, -0.05) is 17.7 Å². The molecule has 2 nitrogen and oxygen atoms in total. The minimum atomic E-state index is 0.237. The van der Waals surface area contributed by atoms with Gasteiger partial charge in [-0.15, -0.1) is 11.6 Å². The molecular weight excluding hydrogens is 257 g/mol. The summed E-state index contributed by atoms with van der Waals surface area (Å²) in [6.07, 6.45) is 0.474. The van der Waals surface area contributed by atoms with E-state index in [-0.39, 0.29) is 12.2 Å². The van der Waals surface area contributed by atoms with E-state index in [2.05, 4.69) is 24.8 Å². The number of halogens is 2. The van der Waals surface area contributed by atoms with Crippen molar-refractivity contribution < 1.29 is 4.74 Å². The van der Waals surface area contributed by atoms with Gasteiger partial charge in [0.15, 0.2) is 0 Å². The van der Waals surface area contributed by atoms with Crippen LogP contribution in [0.3, 0.4) is 0 Å². The van der Waals surface area contributed by atoms with Crippen molar-refractivity contribution >= 4 is 28.9 Å². The molecule has 4 heteroatoms. The minimum Gasteiger partial charge on any atom is -0.372 e. The van der Waals surface area contributed by atoms with Crippen LogP contribution in [0.15, 0.2) is 18.2 Å². The molecule has 0 aromatic heterocycles. The molecule has 17 heavy (non-hydrogen) atoms. The lowest BCUT2D eigenvalue weighted by molar-refractivity contribution is -0.00524. The fourth-order valence-corrected chi connectivity index (χ4v) is 2.94. The summed E-state index contributed by atoms with van der Waals surface area (Å²) in [5, 5.41) is 0.740. The first kappa shape index (κ1) is 13.0. The van der Waals surface area contributed by atoms with Gasteiger partial charge in [-0.2, -0.15) is 0 Å². The number of nitrogens with zero attached hydrogens (tertiary/aromatic N) is 1. The number of hydrogen-bond donors (Lipinski definition) is 0. The molecule has 2 unspecified atom stereocenters. The van der Waals surface area contributed by atoms with Crippen LogP contribution in [0.4, 0.5) is 5.69 Å². The van der Waals surface area contributed by atoms with Crippen molar-refractivity contribution in [1.82, 2.24) is 0 Å². The number of benzene rings is 1. The van der Waals surface area contributed by atoms with Gasteiger partial charge in [-0.05, 0) is 26.0 Å². The van der Waals surface area contributed by atoms with E-state index in [1.165, 1.54) is 0 Å². The molecule has 0 spiro atoms. The van der Waals surface area contributed by atoms with Crippen LogP contribution in [0.25, 0.3) is 0 Å². The van der Waals surface area contributed by atoms with E-state index >= 15 is 0 Å². The van der Waals surface area contributed by atoms with E-state index in [4.69, 9.17) is 27.9 Å². The Morgan fingerprint density at radius 3 is 2.53 bits per heavy atom. The largest absolute Gasteiger partial charge is 0.372 e. The zero-order valence-corrected chi connectivity index (χ0v) is 11.6. The average Bonchev–Trinajstić information content (AvgIpc) is 2.27. The number of rotatable bonds is 2. The van der Waals surface area contributed by atoms with Gasteiger partial charge in [0.05, 0.1) is 18.1 Å². The van der Waals surface area contributed by atoms with Crippen molar-refractivity contribution in [2.75, 3.05) is 18.0 Å². The second-order valence-electron chi connectivity index (χ2n) is 4.53. The van der Waals surface area contributed by atoms with Gasteiger partial charge < -0.3 is 9.64 Å². The Morgan fingerprint density at radius 1 is 1.29 bits per heavy atom. The lowest BCUT2D eigenvalue weighted by Crippen LogP contribution is -2.45. The summed E-state index contributed by atoms with van der Waals surface area (Å²) < 4.78 is 5.73. The molecule has 0 aliphatic carbocycles. The third-order valence-electron chi connectivity index (χ3n) is 2.99. The van der Waals surface area contributed by atoms with Gasteiger partial charge in [0.25, 0.3) is 0 Å². The zero-order chi connectivity index (χ0) is 12.4. The van der Waals surface area contributed by atoms with Crippen molar-refractivity contribution in [2.45, 2.75) is 31.9 Å². The Bertz CT molecular complexity index is 387. The van der Waals surface area contributed by atoms with Crippen LogP contribution in [0.5, 0.6) is 0 Å². The Labute approximate surface area is 112 Å². The van der Waals surface area contributed by atoms with Gasteiger partial charge >= 0.3 is 0 Å². The lowest BCUT2D eigenvalue weighted by Gasteiger charge is -2.37. The maximum atomic E-state index is 6.18. The first-order valence-electron chi connectivity index (χ1n) is 5.85. The van der Waals surface area contributed by atoms with Crippen LogP contribution in [-0.2, 0) is 10.6 Å². The molecule has 1 aromatic carbocycles. The summed E-state index contributed by atoms with van der Waals surface area (Å²) in [6, 6.07) is 5.93. The maximum Gasteiger partial charge on any atom is 0.0726 e. The summed E-state index contributed by atoms with van der Waals surface area (Å²) in [4.78, 5) is 2.31. The average molecular weight is 274 g/mol. The molecule has 94 valence electrons. The van der Waals surface area contributed by atoms with Crippen LogP contribution in [0.2, 0.25) is 5.02 Å². The molecule has 1 aromatic rings. The molecule has 1 aliphatic rings. The predicted octanol–water partition coefficient (Wildman–Crippen LogP) is 3.69. The second-order valence-corrected chi connectivity index (χ2v) is 5.21. The normalized spacial score (nSPS) is 25.1. The van der Waals surface area contributed by atoms with Gasteiger partial charge in [0.2, 0.25) is 0 Å². The Balaban J connectivity index is 2.30. The van der Waals surface area contributed by atoms with Crippen LogP contribution in [-0.4, -0.2) is 25.3 Å². The highest BCUT2D eigenvalue weighted by Gasteiger charge is 2.24. The standard InChI is InChI=1S/C13H17Cl2NO/c1-9-7-16(8-10(2)17-9)13-5-3-4-12(15)11(13)6-14/h3-5,9-10H,6-8H2,1-2H3. The molecule has 0 amide bonds. The molecule has 0 radical (unpaired) electrons. The van der Waals surface area contributed by atoms with E-state index in [1.54, 1.807) is 0 Å². The number of anilines is 1. The number of morpholine rings is 1. The summed E-state index contributed by atoms with van der Waals surface area (Å²) in [6.45, 7) is 5.95. The quantitative estimate of drug-likeness (QED) is 0.762. The molecule has 1 aliphatic heterocycles. The van der Waals surface area contributed by atoms with Crippen molar-refractivity contribution in [3.63, 3.8) is 0 Å². The summed E-state index contributed by atoms with van der Waals surface area (Å²) in [5.41, 5.74) is 2.15. The van der Waals surface area contributed by atoms with Gasteiger partial charge in [0.1, 0.15) is 0 Å². The molecular formula is C13H17Cl2NO. The molecule has 2 atom stereocenters. The van der Waals surface area contributed by atoms with Crippen molar-refractivity contribution in [2.24, 2.45) is 0 Å².